The Morgan fingerprint density at radius 2 is 2.04 bits per heavy atom. The SMILES string of the molecule is CCC(C)NC(=O)CCNC(=NC)NCC(C)Oc1cccc(F)c1.I. The molecule has 1 aromatic rings. The van der Waals surface area contributed by atoms with Crippen molar-refractivity contribution >= 4 is 35.8 Å². The third-order valence-electron chi connectivity index (χ3n) is 3.58. The van der Waals surface area contributed by atoms with Gasteiger partial charge in [-0.2, -0.15) is 0 Å². The van der Waals surface area contributed by atoms with Crippen LogP contribution in [0.15, 0.2) is 29.3 Å². The van der Waals surface area contributed by atoms with Gasteiger partial charge in [0.15, 0.2) is 5.96 Å². The lowest BCUT2D eigenvalue weighted by molar-refractivity contribution is -0.121. The lowest BCUT2D eigenvalue weighted by Crippen LogP contribution is -2.43. The van der Waals surface area contributed by atoms with Gasteiger partial charge >= 0.3 is 0 Å². The minimum absolute atomic E-state index is 0. The van der Waals surface area contributed by atoms with E-state index in [0.717, 1.165) is 6.42 Å². The monoisotopic (exact) mass is 480 g/mol. The van der Waals surface area contributed by atoms with Gasteiger partial charge < -0.3 is 20.7 Å². The van der Waals surface area contributed by atoms with Crippen LogP contribution in [0.1, 0.15) is 33.6 Å². The molecule has 1 aromatic carbocycles. The minimum atomic E-state index is -0.328. The van der Waals surface area contributed by atoms with Gasteiger partial charge in [0.1, 0.15) is 17.7 Å². The molecule has 3 N–H and O–H groups in total. The van der Waals surface area contributed by atoms with Crippen molar-refractivity contribution in [2.24, 2.45) is 4.99 Å². The predicted molar refractivity (Wildman–Crippen MR) is 114 cm³/mol. The lowest BCUT2D eigenvalue weighted by atomic mass is 10.2. The van der Waals surface area contributed by atoms with Crippen LogP contribution < -0.4 is 20.7 Å². The highest BCUT2D eigenvalue weighted by atomic mass is 127. The number of nitrogens with one attached hydrogen (secondary N) is 3. The van der Waals surface area contributed by atoms with Crippen molar-refractivity contribution in [1.82, 2.24) is 16.0 Å². The van der Waals surface area contributed by atoms with Crippen molar-refractivity contribution < 1.29 is 13.9 Å². The maximum Gasteiger partial charge on any atom is 0.221 e. The smallest absolute Gasteiger partial charge is 0.221 e. The predicted octanol–water partition coefficient (Wildman–Crippen LogP) is 2.68. The Labute approximate surface area is 172 Å². The van der Waals surface area contributed by atoms with E-state index in [4.69, 9.17) is 4.74 Å². The number of guanidine groups is 1. The molecule has 0 bridgehead atoms. The molecule has 0 spiro atoms. The molecule has 26 heavy (non-hydrogen) atoms. The van der Waals surface area contributed by atoms with E-state index in [2.05, 4.69) is 20.9 Å². The molecule has 0 aliphatic rings. The molecule has 0 aliphatic carbocycles. The number of aliphatic imine (C=N–C) groups is 1. The van der Waals surface area contributed by atoms with Crippen molar-refractivity contribution in [1.29, 1.82) is 0 Å². The van der Waals surface area contributed by atoms with E-state index in [9.17, 15) is 9.18 Å². The summed E-state index contributed by atoms with van der Waals surface area (Å²) in [6.45, 7) is 6.87. The van der Waals surface area contributed by atoms with Gasteiger partial charge in [0.05, 0.1) is 6.54 Å². The molecule has 0 aromatic heterocycles. The van der Waals surface area contributed by atoms with Crippen LogP contribution >= 0.6 is 24.0 Å². The topological polar surface area (TPSA) is 74.8 Å². The van der Waals surface area contributed by atoms with Crippen LogP contribution in [0, 0.1) is 5.82 Å². The van der Waals surface area contributed by atoms with E-state index in [1.54, 1.807) is 19.2 Å². The second-order valence-electron chi connectivity index (χ2n) is 5.89. The maximum absolute atomic E-state index is 13.1. The fraction of sp³-hybridized carbons (Fsp3) is 0.556. The first-order valence-electron chi connectivity index (χ1n) is 8.60. The van der Waals surface area contributed by atoms with Gasteiger partial charge in [0.25, 0.3) is 0 Å². The molecular weight excluding hydrogens is 450 g/mol. The molecule has 0 saturated carbocycles. The van der Waals surface area contributed by atoms with Crippen LogP contribution in [0.4, 0.5) is 4.39 Å². The van der Waals surface area contributed by atoms with Crippen LogP contribution in [0.3, 0.4) is 0 Å². The molecular formula is C18H30FIN4O2. The summed E-state index contributed by atoms with van der Waals surface area (Å²) in [7, 11) is 1.66. The Kier molecular flexibility index (Phi) is 12.8. The standard InChI is InChI=1S/C18H29FN4O2.HI/c1-5-13(2)23-17(24)9-10-21-18(20-4)22-12-14(3)25-16-8-6-7-15(19)11-16;/h6-8,11,13-14H,5,9-10,12H2,1-4H3,(H,23,24)(H2,20,21,22);1H. The van der Waals surface area contributed by atoms with Gasteiger partial charge in [-0.05, 0) is 32.4 Å². The average molecular weight is 480 g/mol. The lowest BCUT2D eigenvalue weighted by Gasteiger charge is -2.18. The zero-order chi connectivity index (χ0) is 18.7. The number of nitrogens with zero attached hydrogens (tertiary/aromatic N) is 1. The Hall–Kier alpha value is -1.58. The molecule has 2 unspecified atom stereocenters. The molecule has 1 amide bonds. The van der Waals surface area contributed by atoms with Gasteiger partial charge in [-0.25, -0.2) is 4.39 Å². The van der Waals surface area contributed by atoms with Crippen molar-refractivity contribution in [3.8, 4) is 5.75 Å². The van der Waals surface area contributed by atoms with Crippen molar-refractivity contribution in [2.45, 2.75) is 45.8 Å². The highest BCUT2D eigenvalue weighted by Crippen LogP contribution is 2.13. The zero-order valence-electron chi connectivity index (χ0n) is 15.8. The molecule has 0 heterocycles. The molecule has 1 rings (SSSR count). The highest BCUT2D eigenvalue weighted by Gasteiger charge is 2.08. The van der Waals surface area contributed by atoms with Crippen LogP contribution in [0.2, 0.25) is 0 Å². The number of hydrogen-bond acceptors (Lipinski definition) is 3. The summed E-state index contributed by atoms with van der Waals surface area (Å²) in [5.74, 6) is 0.760. The summed E-state index contributed by atoms with van der Waals surface area (Å²) < 4.78 is 18.8. The van der Waals surface area contributed by atoms with Gasteiger partial charge in [0.2, 0.25) is 5.91 Å². The molecule has 6 nitrogen and oxygen atoms in total. The molecule has 0 radical (unpaired) electrons. The first-order valence-corrected chi connectivity index (χ1v) is 8.60. The minimum Gasteiger partial charge on any atom is -0.489 e. The van der Waals surface area contributed by atoms with Gasteiger partial charge in [0, 0.05) is 32.1 Å². The summed E-state index contributed by atoms with van der Waals surface area (Å²) in [4.78, 5) is 15.8. The van der Waals surface area contributed by atoms with Crippen molar-refractivity contribution in [3.05, 3.63) is 30.1 Å². The maximum atomic E-state index is 13.1. The third-order valence-corrected chi connectivity index (χ3v) is 3.58. The van der Waals surface area contributed by atoms with Crippen LogP contribution in [-0.4, -0.2) is 44.1 Å². The first-order chi connectivity index (χ1) is 11.9. The van der Waals surface area contributed by atoms with Gasteiger partial charge in [-0.15, -0.1) is 24.0 Å². The average Bonchev–Trinajstić information content (AvgIpc) is 2.57. The van der Waals surface area contributed by atoms with E-state index >= 15 is 0 Å². The molecule has 0 aliphatic heterocycles. The van der Waals surface area contributed by atoms with Gasteiger partial charge in [-0.1, -0.05) is 13.0 Å². The quantitative estimate of drug-likeness (QED) is 0.289. The molecule has 2 atom stereocenters. The summed E-state index contributed by atoms with van der Waals surface area (Å²) in [6.07, 6.45) is 1.11. The second-order valence-corrected chi connectivity index (χ2v) is 5.89. The number of rotatable bonds is 9. The van der Waals surface area contributed by atoms with Crippen LogP contribution in [-0.2, 0) is 4.79 Å². The second kappa shape index (κ2) is 13.6. The molecule has 0 saturated heterocycles. The van der Waals surface area contributed by atoms with E-state index in [0.29, 0.717) is 31.2 Å². The Balaban J connectivity index is 0.00000625. The normalized spacial score (nSPS) is 13.2. The third kappa shape index (κ3) is 10.4. The molecule has 8 heteroatoms. The van der Waals surface area contributed by atoms with Crippen LogP contribution in [0.25, 0.3) is 0 Å². The summed E-state index contributed by atoms with van der Waals surface area (Å²) in [5.41, 5.74) is 0. The Bertz CT molecular complexity index is 572. The number of halogens is 2. The summed E-state index contributed by atoms with van der Waals surface area (Å²) in [6, 6.07) is 6.22. The fourth-order valence-electron chi connectivity index (χ4n) is 2.02. The Morgan fingerprint density at radius 3 is 2.65 bits per heavy atom. The van der Waals surface area contributed by atoms with Crippen molar-refractivity contribution in [2.75, 3.05) is 20.1 Å². The fourth-order valence-corrected chi connectivity index (χ4v) is 2.02. The molecule has 148 valence electrons. The van der Waals surface area contributed by atoms with Crippen LogP contribution in [0.5, 0.6) is 5.75 Å². The van der Waals surface area contributed by atoms with E-state index in [1.807, 2.05) is 20.8 Å². The largest absolute Gasteiger partial charge is 0.489 e. The number of benzene rings is 1. The van der Waals surface area contributed by atoms with Gasteiger partial charge in [-0.3, -0.25) is 9.79 Å². The summed E-state index contributed by atoms with van der Waals surface area (Å²) in [5, 5.41) is 9.11. The van der Waals surface area contributed by atoms with E-state index < -0.39 is 0 Å². The number of carbonyl (C=O) groups excluding carboxylic acids is 1. The van der Waals surface area contributed by atoms with E-state index in [-0.39, 0.29) is 47.8 Å². The Morgan fingerprint density at radius 1 is 1.31 bits per heavy atom. The number of hydrogen-bond donors (Lipinski definition) is 3. The number of carbonyl (C=O) groups is 1. The highest BCUT2D eigenvalue weighted by molar-refractivity contribution is 14.0. The number of amides is 1. The zero-order valence-corrected chi connectivity index (χ0v) is 18.2. The van der Waals surface area contributed by atoms with Crippen molar-refractivity contribution in [3.63, 3.8) is 0 Å². The first kappa shape index (κ1) is 24.4. The molecule has 0 fully saturated rings. The number of ether oxygens (including phenoxy) is 1. The van der Waals surface area contributed by atoms with E-state index in [1.165, 1.54) is 12.1 Å². The summed E-state index contributed by atoms with van der Waals surface area (Å²) >= 11 is 0.